The van der Waals surface area contributed by atoms with Crippen molar-refractivity contribution in [3.05, 3.63) is 17.7 Å². The third-order valence-electron chi connectivity index (χ3n) is 3.03. The van der Waals surface area contributed by atoms with Crippen molar-refractivity contribution in [2.45, 2.75) is 79.2 Å². The summed E-state index contributed by atoms with van der Waals surface area (Å²) in [6, 6.07) is 0. The molecule has 0 heterocycles. The van der Waals surface area contributed by atoms with Gasteiger partial charge in [-0.05, 0) is 39.0 Å². The topological polar surface area (TPSA) is 96.8 Å². The molecule has 0 amide bonds. The van der Waals surface area contributed by atoms with Crippen LogP contribution in [-0.2, 0) is 19.1 Å². The molecular formula is C19H30N2O4. The highest BCUT2D eigenvalue weighted by atomic mass is 16.6. The summed E-state index contributed by atoms with van der Waals surface area (Å²) in [5, 5.41) is 0. The molecule has 0 fully saturated rings. The van der Waals surface area contributed by atoms with Gasteiger partial charge in [-0.1, -0.05) is 32.9 Å². The van der Waals surface area contributed by atoms with Gasteiger partial charge < -0.3 is 10.3 Å². The Morgan fingerprint density at radius 1 is 1.00 bits per heavy atom. The van der Waals surface area contributed by atoms with Crippen molar-refractivity contribution in [2.24, 2.45) is 5.41 Å². The van der Waals surface area contributed by atoms with Crippen LogP contribution >= 0.6 is 0 Å². The van der Waals surface area contributed by atoms with E-state index in [1.807, 2.05) is 0 Å². The fraction of sp³-hybridized carbons (Fsp3) is 0.684. The van der Waals surface area contributed by atoms with Gasteiger partial charge in [0.15, 0.2) is 0 Å². The predicted octanol–water partition coefficient (Wildman–Crippen LogP) is 3.69. The number of rotatable bonds is 9. The minimum absolute atomic E-state index is 0.0175. The van der Waals surface area contributed by atoms with E-state index in [2.05, 4.69) is 37.7 Å². The molecule has 0 aromatic rings. The number of hydrogen-bond acceptors (Lipinski definition) is 4. The van der Waals surface area contributed by atoms with E-state index in [0.29, 0.717) is 12.8 Å². The van der Waals surface area contributed by atoms with Crippen LogP contribution in [0, 0.1) is 5.41 Å². The molecule has 0 bridgehead atoms. The molecule has 0 saturated heterocycles. The molecule has 25 heavy (non-hydrogen) atoms. The van der Waals surface area contributed by atoms with Gasteiger partial charge in [0.25, 0.3) is 5.78 Å². The van der Waals surface area contributed by atoms with Crippen LogP contribution in [0.2, 0.25) is 0 Å². The van der Waals surface area contributed by atoms with Crippen LogP contribution in [0.1, 0.15) is 73.6 Å². The summed E-state index contributed by atoms with van der Waals surface area (Å²) in [5.41, 5.74) is 7.52. The first-order valence-electron chi connectivity index (χ1n) is 8.54. The molecule has 0 unspecified atom stereocenters. The molecule has 0 spiro atoms. The molecule has 6 nitrogen and oxygen atoms in total. The Hall–Kier alpha value is -2.07. The molecule has 0 N–H and O–H groups in total. The molecule has 0 aromatic carbocycles. The van der Waals surface area contributed by atoms with Gasteiger partial charge in [-0.25, -0.2) is 4.79 Å². The normalized spacial score (nSPS) is 11.9. The molecule has 0 aliphatic carbocycles. The summed E-state index contributed by atoms with van der Waals surface area (Å²) in [6.45, 7) is 11.2. The number of ether oxygens (including phenoxy) is 1. The van der Waals surface area contributed by atoms with Crippen molar-refractivity contribution < 1.29 is 23.9 Å². The highest BCUT2D eigenvalue weighted by Gasteiger charge is 2.33. The molecule has 0 atom stereocenters. The molecule has 0 saturated carbocycles. The van der Waals surface area contributed by atoms with E-state index in [4.69, 9.17) is 10.3 Å². The number of carbonyl (C=O) groups excluding carboxylic acids is 3. The Labute approximate surface area is 150 Å². The highest BCUT2D eigenvalue weighted by Crippen LogP contribution is 2.15. The average Bonchev–Trinajstić information content (AvgIpc) is 2.42. The molecule has 0 aromatic heterocycles. The van der Waals surface area contributed by atoms with Crippen molar-refractivity contribution in [3.63, 3.8) is 0 Å². The zero-order valence-corrected chi connectivity index (χ0v) is 16.2. The lowest BCUT2D eigenvalue weighted by Gasteiger charge is -2.17. The Bertz CT molecular complexity index is 571. The van der Waals surface area contributed by atoms with Gasteiger partial charge in [0, 0.05) is 19.3 Å². The first-order chi connectivity index (χ1) is 11.4. The number of ketones is 2. The second kappa shape index (κ2) is 10.0. The van der Waals surface area contributed by atoms with Gasteiger partial charge in [0.05, 0.1) is 0 Å². The molecule has 0 aliphatic rings. The number of nitrogens with zero attached hydrogens (tertiary/aromatic N) is 2. The van der Waals surface area contributed by atoms with E-state index in [1.54, 1.807) is 20.8 Å². The van der Waals surface area contributed by atoms with E-state index in [-0.39, 0.29) is 24.0 Å². The number of Topliss-reactive ketones (excluding diaryl/α,β-unsaturated/α-hetero) is 2. The van der Waals surface area contributed by atoms with Gasteiger partial charge >= 0.3 is 11.7 Å². The number of allylic oxidation sites excluding steroid dienone is 2. The second-order valence-corrected chi connectivity index (χ2v) is 8.07. The monoisotopic (exact) mass is 350 g/mol. The van der Waals surface area contributed by atoms with Crippen LogP contribution in [0.4, 0.5) is 0 Å². The maximum absolute atomic E-state index is 11.9. The molecule has 0 radical (unpaired) electrons. The van der Waals surface area contributed by atoms with E-state index < -0.39 is 23.1 Å². The zero-order valence-electron chi connectivity index (χ0n) is 16.2. The summed E-state index contributed by atoms with van der Waals surface area (Å²) in [6.07, 6.45) is 5.90. The van der Waals surface area contributed by atoms with E-state index in [0.717, 1.165) is 6.42 Å². The minimum Gasteiger partial charge on any atom is -0.451 e. The predicted molar refractivity (Wildman–Crippen MR) is 96.2 cm³/mol. The van der Waals surface area contributed by atoms with Crippen LogP contribution in [0.5, 0.6) is 0 Å². The standard InChI is InChI=1S/C19H30N2O4/c1-18(2,3)13-9-7-8-10-14(22)11-12-15(23)16(21-20)17(24)25-19(4,5)6/h9,13H,7-8,10-12H2,1-6H3/b13-9+. The Kier molecular flexibility index (Phi) is 9.21. The quantitative estimate of drug-likeness (QED) is 0.120. The van der Waals surface area contributed by atoms with Crippen molar-refractivity contribution in [1.82, 2.24) is 0 Å². The van der Waals surface area contributed by atoms with Crippen molar-refractivity contribution in [3.8, 4) is 0 Å². The Morgan fingerprint density at radius 2 is 1.60 bits per heavy atom. The van der Waals surface area contributed by atoms with Crippen LogP contribution in [-0.4, -0.2) is 33.6 Å². The number of hydrogen-bond donors (Lipinski definition) is 0. The number of carbonyl (C=O) groups is 3. The van der Waals surface area contributed by atoms with Crippen molar-refractivity contribution in [2.75, 3.05) is 0 Å². The van der Waals surface area contributed by atoms with E-state index in [1.165, 1.54) is 0 Å². The fourth-order valence-electron chi connectivity index (χ4n) is 1.89. The van der Waals surface area contributed by atoms with E-state index >= 15 is 0 Å². The SMILES string of the molecule is CC(C)(C)/C=C/CCCC(=O)CCC(=O)C(=[N+]=[N-])C(=O)OC(C)(C)C. The van der Waals surface area contributed by atoms with Gasteiger partial charge in [-0.2, -0.15) is 4.79 Å². The smallest absolute Gasteiger partial charge is 0.441 e. The molecule has 0 rings (SSSR count). The third-order valence-corrected chi connectivity index (χ3v) is 3.03. The largest absolute Gasteiger partial charge is 0.451 e. The molecule has 6 heteroatoms. The Balaban J connectivity index is 4.31. The third kappa shape index (κ3) is 12.0. The fourth-order valence-corrected chi connectivity index (χ4v) is 1.89. The van der Waals surface area contributed by atoms with Crippen LogP contribution in [0.3, 0.4) is 0 Å². The average molecular weight is 350 g/mol. The lowest BCUT2D eigenvalue weighted by atomic mass is 9.95. The summed E-state index contributed by atoms with van der Waals surface area (Å²) in [4.78, 5) is 38.3. The lowest BCUT2D eigenvalue weighted by molar-refractivity contribution is -0.152. The van der Waals surface area contributed by atoms with Gasteiger partial charge in [0.2, 0.25) is 0 Å². The minimum atomic E-state index is -0.986. The van der Waals surface area contributed by atoms with E-state index in [9.17, 15) is 14.4 Å². The number of unbranched alkanes of at least 4 members (excludes halogenated alkanes) is 1. The summed E-state index contributed by atoms with van der Waals surface area (Å²) in [7, 11) is 0. The summed E-state index contributed by atoms with van der Waals surface area (Å²) < 4.78 is 4.99. The zero-order chi connectivity index (χ0) is 19.7. The van der Waals surface area contributed by atoms with Crippen LogP contribution in [0.25, 0.3) is 5.53 Å². The number of esters is 1. The summed E-state index contributed by atoms with van der Waals surface area (Å²) >= 11 is 0. The van der Waals surface area contributed by atoms with Gasteiger partial charge in [0.1, 0.15) is 11.4 Å². The first kappa shape index (κ1) is 22.9. The van der Waals surface area contributed by atoms with Crippen LogP contribution < -0.4 is 0 Å². The molecule has 140 valence electrons. The first-order valence-corrected chi connectivity index (χ1v) is 8.54. The lowest BCUT2D eigenvalue weighted by Crippen LogP contribution is -2.34. The van der Waals surface area contributed by atoms with Gasteiger partial charge in [-0.15, -0.1) is 0 Å². The molecule has 0 aliphatic heterocycles. The van der Waals surface area contributed by atoms with Crippen LogP contribution in [0.15, 0.2) is 12.2 Å². The van der Waals surface area contributed by atoms with Crippen molar-refractivity contribution >= 4 is 23.2 Å². The Morgan fingerprint density at radius 3 is 2.08 bits per heavy atom. The maximum Gasteiger partial charge on any atom is 0.441 e. The van der Waals surface area contributed by atoms with Crippen molar-refractivity contribution in [1.29, 1.82) is 0 Å². The highest BCUT2D eigenvalue weighted by molar-refractivity contribution is 6.62. The maximum atomic E-state index is 11.9. The van der Waals surface area contributed by atoms with Gasteiger partial charge in [-0.3, -0.25) is 9.59 Å². The molecular weight excluding hydrogens is 320 g/mol. The second-order valence-electron chi connectivity index (χ2n) is 8.07. The summed E-state index contributed by atoms with van der Waals surface area (Å²) in [5.74, 6) is -1.74.